The number of Topliss-reactive ketones (excluding diaryl/α,β-unsaturated/α-hetero) is 1. The number of hydrogen-bond acceptors (Lipinski definition) is 5. The molecule has 0 saturated heterocycles. The summed E-state index contributed by atoms with van der Waals surface area (Å²) in [5.41, 5.74) is 2.45. The molecule has 0 atom stereocenters. The molecule has 3 rings (SSSR count). The summed E-state index contributed by atoms with van der Waals surface area (Å²) < 4.78 is 0. The molecular weight excluding hydrogens is 374 g/mol. The lowest BCUT2D eigenvalue weighted by atomic mass is 10.1. The average molecular weight is 393 g/mol. The van der Waals surface area contributed by atoms with Crippen molar-refractivity contribution in [2.24, 2.45) is 0 Å². The number of aromatic nitrogens is 1. The van der Waals surface area contributed by atoms with Gasteiger partial charge < -0.3 is 10.6 Å². The quantitative estimate of drug-likeness (QED) is 0.590. The third-order valence-electron chi connectivity index (χ3n) is 4.02. The van der Waals surface area contributed by atoms with Crippen LogP contribution in [0.5, 0.6) is 0 Å². The van der Waals surface area contributed by atoms with E-state index in [0.717, 1.165) is 5.56 Å². The molecule has 1 aromatic heterocycles. The summed E-state index contributed by atoms with van der Waals surface area (Å²) in [4.78, 5) is 39.8. The predicted molar refractivity (Wildman–Crippen MR) is 110 cm³/mol. The lowest BCUT2D eigenvalue weighted by Gasteiger charge is -2.04. The highest BCUT2D eigenvalue weighted by Crippen LogP contribution is 2.18. The van der Waals surface area contributed by atoms with E-state index in [1.807, 2.05) is 30.3 Å². The highest BCUT2D eigenvalue weighted by Gasteiger charge is 2.13. The lowest BCUT2D eigenvalue weighted by molar-refractivity contribution is -0.116. The number of anilines is 2. The maximum absolute atomic E-state index is 12.3. The van der Waals surface area contributed by atoms with Gasteiger partial charge in [0.25, 0.3) is 5.91 Å². The maximum atomic E-state index is 12.3. The largest absolute Gasteiger partial charge is 0.321 e. The molecule has 0 bridgehead atoms. The van der Waals surface area contributed by atoms with Gasteiger partial charge in [-0.2, -0.15) is 0 Å². The summed E-state index contributed by atoms with van der Waals surface area (Å²) in [6.07, 6.45) is 0.981. The van der Waals surface area contributed by atoms with Gasteiger partial charge in [-0.05, 0) is 43.2 Å². The van der Waals surface area contributed by atoms with Gasteiger partial charge in [0.1, 0.15) is 5.69 Å². The molecule has 0 saturated carbocycles. The molecule has 28 heavy (non-hydrogen) atoms. The number of nitrogens with one attached hydrogen (secondary N) is 2. The van der Waals surface area contributed by atoms with Gasteiger partial charge in [-0.25, -0.2) is 4.98 Å². The Morgan fingerprint density at radius 3 is 2.36 bits per heavy atom. The maximum Gasteiger partial charge on any atom is 0.275 e. The molecule has 2 N–H and O–H groups in total. The third-order valence-corrected chi connectivity index (χ3v) is 4.77. The number of thiazole rings is 1. The van der Waals surface area contributed by atoms with Crippen LogP contribution < -0.4 is 10.6 Å². The van der Waals surface area contributed by atoms with Gasteiger partial charge in [-0.15, -0.1) is 11.3 Å². The normalized spacial score (nSPS) is 10.3. The van der Waals surface area contributed by atoms with Crippen LogP contribution in [0, 0.1) is 0 Å². The van der Waals surface area contributed by atoms with Crippen molar-refractivity contribution in [1.29, 1.82) is 0 Å². The van der Waals surface area contributed by atoms with Gasteiger partial charge in [0.2, 0.25) is 5.91 Å². The van der Waals surface area contributed by atoms with Crippen molar-refractivity contribution in [2.45, 2.75) is 19.8 Å². The molecule has 3 aromatic rings. The van der Waals surface area contributed by atoms with Crippen molar-refractivity contribution >= 4 is 39.8 Å². The van der Waals surface area contributed by atoms with E-state index < -0.39 is 0 Å². The molecule has 0 aliphatic heterocycles. The Hall–Kier alpha value is -3.32. The topological polar surface area (TPSA) is 88.2 Å². The predicted octanol–water partition coefficient (Wildman–Crippen LogP) is 4.17. The number of hydrogen-bond donors (Lipinski definition) is 2. The minimum Gasteiger partial charge on any atom is -0.321 e. The zero-order valence-electron chi connectivity index (χ0n) is 15.3. The highest BCUT2D eigenvalue weighted by atomic mass is 32.1. The third kappa shape index (κ3) is 5.34. The number of carbonyl (C=O) groups excluding carboxylic acids is 3. The standard InChI is InChI=1S/C21H19N3O3S/c1-14(25)16-8-10-17(11-9-16)22-20(27)18-13-28-21(23-18)24-19(26)12-7-15-5-3-2-4-6-15/h2-6,8-11,13H,7,12H2,1H3,(H,22,27)(H,23,24,26). The van der Waals surface area contributed by atoms with Gasteiger partial charge in [-0.1, -0.05) is 30.3 Å². The molecule has 0 aliphatic carbocycles. The monoisotopic (exact) mass is 393 g/mol. The zero-order valence-corrected chi connectivity index (χ0v) is 16.1. The van der Waals surface area contributed by atoms with E-state index in [0.29, 0.717) is 29.2 Å². The minimum atomic E-state index is -0.378. The second-order valence-electron chi connectivity index (χ2n) is 6.16. The van der Waals surface area contributed by atoms with E-state index in [1.54, 1.807) is 29.6 Å². The summed E-state index contributed by atoms with van der Waals surface area (Å²) in [6, 6.07) is 16.4. The second-order valence-corrected chi connectivity index (χ2v) is 7.02. The van der Waals surface area contributed by atoms with Crippen LogP contribution in [0.3, 0.4) is 0 Å². The van der Waals surface area contributed by atoms with Gasteiger partial charge in [0, 0.05) is 23.1 Å². The lowest BCUT2D eigenvalue weighted by Crippen LogP contribution is -2.14. The Bertz CT molecular complexity index is 982. The summed E-state index contributed by atoms with van der Waals surface area (Å²) in [5, 5.41) is 7.41. The number of benzene rings is 2. The summed E-state index contributed by atoms with van der Waals surface area (Å²) in [7, 11) is 0. The molecular formula is C21H19N3O3S. The molecule has 1 heterocycles. The fourth-order valence-corrected chi connectivity index (χ4v) is 3.21. The SMILES string of the molecule is CC(=O)c1ccc(NC(=O)c2csc(NC(=O)CCc3ccccc3)n2)cc1. The fraction of sp³-hybridized carbons (Fsp3) is 0.143. The molecule has 7 heteroatoms. The minimum absolute atomic E-state index is 0.0370. The first-order valence-corrected chi connectivity index (χ1v) is 9.61. The van der Waals surface area contributed by atoms with Crippen LogP contribution in [-0.2, 0) is 11.2 Å². The summed E-state index contributed by atoms with van der Waals surface area (Å²) in [6.45, 7) is 1.48. The molecule has 0 unspecified atom stereocenters. The van der Waals surface area contributed by atoms with Crippen molar-refractivity contribution in [3.05, 3.63) is 76.8 Å². The van der Waals surface area contributed by atoms with Crippen LogP contribution in [0.15, 0.2) is 60.0 Å². The molecule has 0 fully saturated rings. The molecule has 0 spiro atoms. The molecule has 2 amide bonds. The molecule has 0 aliphatic rings. The first-order chi connectivity index (χ1) is 13.5. The number of rotatable bonds is 7. The Morgan fingerprint density at radius 2 is 1.68 bits per heavy atom. The fourth-order valence-electron chi connectivity index (χ4n) is 2.50. The average Bonchev–Trinajstić information content (AvgIpc) is 3.16. The van der Waals surface area contributed by atoms with Crippen molar-refractivity contribution in [1.82, 2.24) is 4.98 Å². The van der Waals surface area contributed by atoms with Crippen molar-refractivity contribution in [2.75, 3.05) is 10.6 Å². The molecule has 2 aromatic carbocycles. The van der Waals surface area contributed by atoms with Crippen molar-refractivity contribution in [3.8, 4) is 0 Å². The van der Waals surface area contributed by atoms with Crippen molar-refractivity contribution in [3.63, 3.8) is 0 Å². The molecule has 0 radical (unpaired) electrons. The number of ketones is 1. The first kappa shape index (κ1) is 19.4. The smallest absolute Gasteiger partial charge is 0.275 e. The van der Waals surface area contributed by atoms with Crippen LogP contribution in [0.4, 0.5) is 10.8 Å². The zero-order chi connectivity index (χ0) is 19.9. The Labute approximate surface area is 166 Å². The van der Waals surface area contributed by atoms with E-state index in [1.165, 1.54) is 18.3 Å². The van der Waals surface area contributed by atoms with Gasteiger partial charge >= 0.3 is 0 Å². The van der Waals surface area contributed by atoms with E-state index in [4.69, 9.17) is 0 Å². The number of carbonyl (C=O) groups is 3. The van der Waals surface area contributed by atoms with Crippen LogP contribution in [-0.4, -0.2) is 22.6 Å². The van der Waals surface area contributed by atoms with E-state index in [-0.39, 0.29) is 23.3 Å². The van der Waals surface area contributed by atoms with Gasteiger partial charge in [-0.3, -0.25) is 14.4 Å². The molecule has 142 valence electrons. The Morgan fingerprint density at radius 1 is 0.964 bits per heavy atom. The van der Waals surface area contributed by atoms with E-state index in [9.17, 15) is 14.4 Å². The summed E-state index contributed by atoms with van der Waals surface area (Å²) in [5.74, 6) is -0.563. The van der Waals surface area contributed by atoms with Gasteiger partial charge in [0.05, 0.1) is 0 Å². The van der Waals surface area contributed by atoms with Gasteiger partial charge in [0.15, 0.2) is 10.9 Å². The van der Waals surface area contributed by atoms with E-state index >= 15 is 0 Å². The number of aryl methyl sites for hydroxylation is 1. The number of amides is 2. The number of nitrogens with zero attached hydrogens (tertiary/aromatic N) is 1. The Balaban J connectivity index is 1.53. The second kappa shape index (κ2) is 9.05. The molecule has 6 nitrogen and oxygen atoms in total. The van der Waals surface area contributed by atoms with E-state index in [2.05, 4.69) is 15.6 Å². The van der Waals surface area contributed by atoms with Crippen LogP contribution in [0.25, 0.3) is 0 Å². The first-order valence-electron chi connectivity index (χ1n) is 8.73. The van der Waals surface area contributed by atoms with Crippen LogP contribution >= 0.6 is 11.3 Å². The van der Waals surface area contributed by atoms with Crippen molar-refractivity contribution < 1.29 is 14.4 Å². The Kier molecular flexibility index (Phi) is 6.29. The highest BCUT2D eigenvalue weighted by molar-refractivity contribution is 7.14. The van der Waals surface area contributed by atoms with Crippen LogP contribution in [0.2, 0.25) is 0 Å². The summed E-state index contributed by atoms with van der Waals surface area (Å²) >= 11 is 1.20. The van der Waals surface area contributed by atoms with Crippen LogP contribution in [0.1, 0.15) is 39.8 Å².